The molecule has 2 N–H and O–H groups in total. The average Bonchev–Trinajstić information content (AvgIpc) is 2.83. The molecule has 2 nitrogen and oxygen atoms in total. The zero-order valence-corrected chi connectivity index (χ0v) is 10.0. The van der Waals surface area contributed by atoms with Crippen LogP contribution in [0.25, 0.3) is 0 Å². The number of hydrogen-bond acceptors (Lipinski definition) is 3. The van der Waals surface area contributed by atoms with E-state index in [0.29, 0.717) is 16.8 Å². The highest BCUT2D eigenvalue weighted by Gasteiger charge is 2.30. The highest BCUT2D eigenvalue weighted by molar-refractivity contribution is 7.81. The van der Waals surface area contributed by atoms with Gasteiger partial charge in [-0.1, -0.05) is 26.1 Å². The van der Waals surface area contributed by atoms with Crippen molar-refractivity contribution in [3.8, 4) is 0 Å². The molecule has 1 fully saturated rings. The highest BCUT2D eigenvalue weighted by Crippen LogP contribution is 2.43. The number of nitrogens with two attached hydrogens (primary N) is 1. The van der Waals surface area contributed by atoms with E-state index in [1.165, 1.54) is 12.8 Å². The van der Waals surface area contributed by atoms with Crippen LogP contribution in [0, 0.1) is 0 Å². The van der Waals surface area contributed by atoms with Gasteiger partial charge < -0.3 is 5.73 Å². The summed E-state index contributed by atoms with van der Waals surface area (Å²) in [4.78, 5) is 6.20. The van der Waals surface area contributed by atoms with Crippen molar-refractivity contribution in [1.82, 2.24) is 4.98 Å². The molecule has 1 aromatic rings. The Kier molecular flexibility index (Phi) is 2.58. The van der Waals surface area contributed by atoms with Crippen LogP contribution in [0.5, 0.6) is 0 Å². The predicted octanol–water partition coefficient (Wildman–Crippen LogP) is 2.78. The molecule has 0 unspecified atom stereocenters. The van der Waals surface area contributed by atoms with Gasteiger partial charge in [-0.15, -0.1) is 11.3 Å². The molecule has 4 heteroatoms. The fourth-order valence-electron chi connectivity index (χ4n) is 1.41. The van der Waals surface area contributed by atoms with Gasteiger partial charge in [-0.05, 0) is 12.8 Å². The number of thiazole rings is 1. The minimum absolute atomic E-state index is 0.473. The number of rotatable bonds is 3. The molecular weight excluding hydrogens is 212 g/mol. The molecule has 0 radical (unpaired) electrons. The molecule has 0 atom stereocenters. The van der Waals surface area contributed by atoms with Crippen molar-refractivity contribution in [2.24, 2.45) is 5.73 Å². The first kappa shape index (κ1) is 10.1. The Morgan fingerprint density at radius 2 is 2.21 bits per heavy atom. The number of nitrogens with zero attached hydrogens (tertiary/aromatic N) is 1. The number of aromatic nitrogens is 1. The predicted molar refractivity (Wildman–Crippen MR) is 64.1 cm³/mol. The van der Waals surface area contributed by atoms with Crippen molar-refractivity contribution in [3.63, 3.8) is 0 Å². The average molecular weight is 226 g/mol. The van der Waals surface area contributed by atoms with Crippen molar-refractivity contribution in [1.29, 1.82) is 0 Å². The molecule has 0 spiro atoms. The van der Waals surface area contributed by atoms with Crippen LogP contribution in [0.4, 0.5) is 0 Å². The number of thiocarbonyl (C=S) groups is 1. The molecule has 1 saturated carbocycles. The molecule has 1 aliphatic carbocycles. The summed E-state index contributed by atoms with van der Waals surface area (Å²) in [7, 11) is 0. The van der Waals surface area contributed by atoms with Crippen LogP contribution in [-0.2, 0) is 0 Å². The lowest BCUT2D eigenvalue weighted by molar-refractivity contribution is 0.838. The van der Waals surface area contributed by atoms with E-state index in [9.17, 15) is 0 Å². The van der Waals surface area contributed by atoms with Crippen LogP contribution in [-0.4, -0.2) is 9.97 Å². The fourth-order valence-corrected chi connectivity index (χ4v) is 2.64. The van der Waals surface area contributed by atoms with Gasteiger partial charge in [0.25, 0.3) is 0 Å². The first-order valence-electron chi connectivity index (χ1n) is 4.90. The molecule has 1 aliphatic rings. The van der Waals surface area contributed by atoms with E-state index in [-0.39, 0.29) is 0 Å². The molecule has 76 valence electrons. The van der Waals surface area contributed by atoms with E-state index in [1.807, 2.05) is 0 Å². The Balaban J connectivity index is 2.40. The minimum Gasteiger partial charge on any atom is -0.389 e. The third-order valence-electron chi connectivity index (χ3n) is 2.35. The summed E-state index contributed by atoms with van der Waals surface area (Å²) in [6.07, 6.45) is 2.49. The van der Waals surface area contributed by atoms with Gasteiger partial charge in [0.15, 0.2) is 0 Å². The smallest absolute Gasteiger partial charge is 0.116 e. The van der Waals surface area contributed by atoms with E-state index < -0.39 is 0 Å². The summed E-state index contributed by atoms with van der Waals surface area (Å²) in [5.74, 6) is 1.11. The summed E-state index contributed by atoms with van der Waals surface area (Å²) >= 11 is 6.71. The van der Waals surface area contributed by atoms with Gasteiger partial charge in [-0.3, -0.25) is 0 Å². The van der Waals surface area contributed by atoms with E-state index in [4.69, 9.17) is 18.0 Å². The summed E-state index contributed by atoms with van der Waals surface area (Å²) in [5.41, 5.74) is 6.85. The van der Waals surface area contributed by atoms with Crippen LogP contribution in [0.2, 0.25) is 0 Å². The Morgan fingerprint density at radius 1 is 1.57 bits per heavy atom. The van der Waals surface area contributed by atoms with Crippen LogP contribution in [0.3, 0.4) is 0 Å². The van der Waals surface area contributed by atoms with Gasteiger partial charge in [0.05, 0.1) is 15.6 Å². The Morgan fingerprint density at radius 3 is 2.64 bits per heavy atom. The minimum atomic E-state index is 0.473. The van der Waals surface area contributed by atoms with Gasteiger partial charge in [0, 0.05) is 11.8 Å². The van der Waals surface area contributed by atoms with E-state index >= 15 is 0 Å². The standard InChI is InChI=1S/C10H14N2S2/c1-5(2)10-12-7(6-3-4-6)8(14-10)9(11)13/h5-6H,3-4H2,1-2H3,(H2,11,13). The lowest BCUT2D eigenvalue weighted by Gasteiger charge is -1.95. The lowest BCUT2D eigenvalue weighted by Crippen LogP contribution is -2.09. The summed E-state index contributed by atoms with van der Waals surface area (Å²) in [5, 5.41) is 1.16. The third-order valence-corrected chi connectivity index (χ3v) is 4.09. The number of hydrogen-bond donors (Lipinski definition) is 1. The highest BCUT2D eigenvalue weighted by atomic mass is 32.1. The van der Waals surface area contributed by atoms with Gasteiger partial charge in [-0.2, -0.15) is 0 Å². The third kappa shape index (κ3) is 1.81. The van der Waals surface area contributed by atoms with Gasteiger partial charge >= 0.3 is 0 Å². The van der Waals surface area contributed by atoms with Crippen LogP contribution in [0.1, 0.15) is 54.1 Å². The largest absolute Gasteiger partial charge is 0.389 e. The van der Waals surface area contributed by atoms with Gasteiger partial charge in [0.1, 0.15) is 4.99 Å². The second-order valence-electron chi connectivity index (χ2n) is 4.06. The molecular formula is C10H14N2S2. The Bertz CT molecular complexity index is 364. The SMILES string of the molecule is CC(C)c1nc(C2CC2)c(C(N)=S)s1. The fraction of sp³-hybridized carbons (Fsp3) is 0.600. The van der Waals surface area contributed by atoms with Crippen molar-refractivity contribution in [2.75, 3.05) is 0 Å². The van der Waals surface area contributed by atoms with Crippen molar-refractivity contribution in [2.45, 2.75) is 38.5 Å². The molecule has 2 rings (SSSR count). The maximum absolute atomic E-state index is 5.70. The van der Waals surface area contributed by atoms with E-state index in [0.717, 1.165) is 15.6 Å². The Labute approximate surface area is 93.5 Å². The summed E-state index contributed by atoms with van der Waals surface area (Å²) in [6, 6.07) is 0. The first-order valence-corrected chi connectivity index (χ1v) is 6.12. The molecule has 14 heavy (non-hydrogen) atoms. The van der Waals surface area contributed by atoms with Crippen molar-refractivity contribution >= 4 is 28.5 Å². The maximum atomic E-state index is 5.70. The van der Waals surface area contributed by atoms with Crippen molar-refractivity contribution < 1.29 is 0 Å². The zero-order chi connectivity index (χ0) is 10.3. The van der Waals surface area contributed by atoms with E-state index in [2.05, 4.69) is 18.8 Å². The second kappa shape index (κ2) is 3.59. The second-order valence-corrected chi connectivity index (χ2v) is 5.53. The Hall–Kier alpha value is -0.480. The molecule has 1 heterocycles. The summed E-state index contributed by atoms with van der Waals surface area (Å²) < 4.78 is 0. The molecule has 0 bridgehead atoms. The molecule has 0 aromatic carbocycles. The molecule has 1 aromatic heterocycles. The van der Waals surface area contributed by atoms with Crippen LogP contribution < -0.4 is 5.73 Å². The van der Waals surface area contributed by atoms with Crippen LogP contribution in [0.15, 0.2) is 0 Å². The van der Waals surface area contributed by atoms with Crippen molar-refractivity contribution in [3.05, 3.63) is 15.6 Å². The lowest BCUT2D eigenvalue weighted by atomic mass is 10.2. The zero-order valence-electron chi connectivity index (χ0n) is 8.41. The van der Waals surface area contributed by atoms with Gasteiger partial charge in [0.2, 0.25) is 0 Å². The van der Waals surface area contributed by atoms with Gasteiger partial charge in [-0.25, -0.2) is 4.98 Å². The first-order chi connectivity index (χ1) is 6.59. The monoisotopic (exact) mass is 226 g/mol. The van der Waals surface area contributed by atoms with E-state index in [1.54, 1.807) is 11.3 Å². The topological polar surface area (TPSA) is 38.9 Å². The molecule has 0 aliphatic heterocycles. The quantitative estimate of drug-likeness (QED) is 0.805. The van der Waals surface area contributed by atoms with Crippen LogP contribution >= 0.6 is 23.6 Å². The molecule has 0 amide bonds. The summed E-state index contributed by atoms with van der Waals surface area (Å²) in [6.45, 7) is 4.30. The maximum Gasteiger partial charge on any atom is 0.116 e. The normalized spacial score (nSPS) is 16.2. The molecule has 0 saturated heterocycles.